The molecule has 2 heterocycles. The Kier molecular flexibility index (Phi) is 6.82. The van der Waals surface area contributed by atoms with Crippen molar-refractivity contribution in [3.8, 4) is 17.2 Å². The number of hydrogen-bond donors (Lipinski definition) is 0. The summed E-state index contributed by atoms with van der Waals surface area (Å²) in [6, 6.07) is 16.4. The number of rotatable bonds is 8. The Labute approximate surface area is 176 Å². The van der Waals surface area contributed by atoms with Gasteiger partial charge in [-0.1, -0.05) is 32.0 Å². The van der Waals surface area contributed by atoms with E-state index < -0.39 is 0 Å². The van der Waals surface area contributed by atoms with Crippen LogP contribution < -0.4 is 0 Å². The van der Waals surface area contributed by atoms with E-state index in [2.05, 4.69) is 16.0 Å². The molecule has 0 atom stereocenters. The van der Waals surface area contributed by atoms with Gasteiger partial charge in [-0.3, -0.25) is 14.6 Å². The summed E-state index contributed by atoms with van der Waals surface area (Å²) < 4.78 is 0. The summed E-state index contributed by atoms with van der Waals surface area (Å²) in [6.45, 7) is 3.96. The van der Waals surface area contributed by atoms with Crippen molar-refractivity contribution < 1.29 is 9.59 Å². The molecule has 0 saturated heterocycles. The van der Waals surface area contributed by atoms with Crippen molar-refractivity contribution in [1.82, 2.24) is 9.97 Å². The Balaban J connectivity index is 1.68. The van der Waals surface area contributed by atoms with Crippen LogP contribution >= 0.6 is 0 Å². The summed E-state index contributed by atoms with van der Waals surface area (Å²) in [4.78, 5) is 33.4. The molecule has 0 fully saturated rings. The molecule has 5 heteroatoms. The van der Waals surface area contributed by atoms with E-state index in [1.807, 2.05) is 32.0 Å². The van der Waals surface area contributed by atoms with Crippen LogP contribution in [-0.2, 0) is 6.42 Å². The van der Waals surface area contributed by atoms with Crippen LogP contribution in [0.4, 0.5) is 0 Å². The number of aryl methyl sites for hydroxylation is 1. The second-order valence-electron chi connectivity index (χ2n) is 7.62. The molecular weight excluding hydrogens is 374 g/mol. The quantitative estimate of drug-likeness (QED) is 0.496. The van der Waals surface area contributed by atoms with E-state index >= 15 is 0 Å². The van der Waals surface area contributed by atoms with Gasteiger partial charge < -0.3 is 0 Å². The first-order valence-corrected chi connectivity index (χ1v) is 9.94. The zero-order valence-corrected chi connectivity index (χ0v) is 17.1. The molecule has 0 aliphatic rings. The minimum absolute atomic E-state index is 0.0426. The monoisotopic (exact) mass is 397 g/mol. The first-order valence-electron chi connectivity index (χ1n) is 9.94. The van der Waals surface area contributed by atoms with Crippen molar-refractivity contribution >= 4 is 11.6 Å². The summed E-state index contributed by atoms with van der Waals surface area (Å²) in [6.07, 6.45) is 4.74. The average molecular weight is 397 g/mol. The fourth-order valence-electron chi connectivity index (χ4n) is 3.13. The van der Waals surface area contributed by atoms with Gasteiger partial charge in [0.1, 0.15) is 11.4 Å². The van der Waals surface area contributed by atoms with E-state index in [0.717, 1.165) is 16.7 Å². The molecule has 0 bridgehead atoms. The number of Topliss-reactive ketones (excluding diaryl/α,β-unsaturated/α-hetero) is 2. The lowest BCUT2D eigenvalue weighted by Gasteiger charge is -2.07. The van der Waals surface area contributed by atoms with Gasteiger partial charge in [0.25, 0.3) is 0 Å². The highest BCUT2D eigenvalue weighted by Crippen LogP contribution is 2.21. The smallest absolute Gasteiger partial charge is 0.181 e. The van der Waals surface area contributed by atoms with Crippen molar-refractivity contribution in [2.24, 2.45) is 5.92 Å². The molecule has 1 aromatic carbocycles. The van der Waals surface area contributed by atoms with E-state index in [4.69, 9.17) is 5.26 Å². The van der Waals surface area contributed by atoms with Crippen LogP contribution in [0, 0.1) is 17.2 Å². The lowest BCUT2D eigenvalue weighted by atomic mass is 10.0. The Hall–Kier alpha value is -3.65. The maximum Gasteiger partial charge on any atom is 0.181 e. The van der Waals surface area contributed by atoms with Crippen molar-refractivity contribution in [3.05, 3.63) is 83.4 Å². The molecule has 3 rings (SSSR count). The zero-order chi connectivity index (χ0) is 21.5. The van der Waals surface area contributed by atoms with E-state index in [9.17, 15) is 9.59 Å². The van der Waals surface area contributed by atoms with Gasteiger partial charge in [0.2, 0.25) is 0 Å². The highest BCUT2D eigenvalue weighted by Gasteiger charge is 2.14. The van der Waals surface area contributed by atoms with Gasteiger partial charge in [-0.05, 0) is 53.8 Å². The van der Waals surface area contributed by atoms with Gasteiger partial charge in [-0.25, -0.2) is 4.98 Å². The summed E-state index contributed by atoms with van der Waals surface area (Å²) >= 11 is 0. The summed E-state index contributed by atoms with van der Waals surface area (Å²) in [7, 11) is 0. The van der Waals surface area contributed by atoms with E-state index in [-0.39, 0.29) is 23.9 Å². The molecule has 0 radical (unpaired) electrons. The van der Waals surface area contributed by atoms with Crippen molar-refractivity contribution in [3.63, 3.8) is 0 Å². The van der Waals surface area contributed by atoms with Gasteiger partial charge >= 0.3 is 0 Å². The maximum absolute atomic E-state index is 12.6. The topological polar surface area (TPSA) is 83.7 Å². The molecule has 0 unspecified atom stereocenters. The molecule has 0 N–H and O–H groups in total. The van der Waals surface area contributed by atoms with Crippen LogP contribution in [0.5, 0.6) is 0 Å². The van der Waals surface area contributed by atoms with Gasteiger partial charge in [-0.2, -0.15) is 5.26 Å². The number of carbonyl (C=O) groups is 2. The van der Waals surface area contributed by atoms with Crippen LogP contribution in [0.1, 0.15) is 58.8 Å². The summed E-state index contributed by atoms with van der Waals surface area (Å²) in [5.74, 6) is 0.103. The Bertz CT molecular complexity index is 1100. The molecule has 0 aliphatic carbocycles. The Morgan fingerprint density at radius 2 is 1.67 bits per heavy atom. The second-order valence-corrected chi connectivity index (χ2v) is 7.62. The van der Waals surface area contributed by atoms with Crippen LogP contribution in [0.2, 0.25) is 0 Å². The van der Waals surface area contributed by atoms with Gasteiger partial charge in [0.15, 0.2) is 11.6 Å². The standard InChI is InChI=1S/C25H23N3O2/c1-17(2)12-25(30)23-5-3-4-22(28-23)24(29)11-8-19-13-21(16-27-15-19)20-9-6-18(14-26)7-10-20/h3-7,9-10,13,15-17H,8,11-12H2,1-2H3. The van der Waals surface area contributed by atoms with E-state index in [1.165, 1.54) is 0 Å². The minimum atomic E-state index is -0.0991. The zero-order valence-electron chi connectivity index (χ0n) is 17.1. The van der Waals surface area contributed by atoms with Crippen LogP contribution in [0.15, 0.2) is 60.9 Å². The molecular formula is C25H23N3O2. The molecule has 30 heavy (non-hydrogen) atoms. The fraction of sp³-hybridized carbons (Fsp3) is 0.240. The molecule has 0 saturated carbocycles. The third-order valence-corrected chi connectivity index (χ3v) is 4.70. The van der Waals surface area contributed by atoms with Crippen molar-refractivity contribution in [1.29, 1.82) is 5.26 Å². The molecule has 2 aromatic heterocycles. The van der Waals surface area contributed by atoms with E-state index in [1.54, 1.807) is 42.7 Å². The molecule has 5 nitrogen and oxygen atoms in total. The van der Waals surface area contributed by atoms with E-state index in [0.29, 0.717) is 29.8 Å². The highest BCUT2D eigenvalue weighted by atomic mass is 16.1. The lowest BCUT2D eigenvalue weighted by Crippen LogP contribution is -2.10. The summed E-state index contributed by atoms with van der Waals surface area (Å²) in [5, 5.41) is 8.93. The fourth-order valence-corrected chi connectivity index (χ4v) is 3.13. The Morgan fingerprint density at radius 1 is 0.967 bits per heavy atom. The number of ketones is 2. The minimum Gasteiger partial charge on any atom is -0.292 e. The number of pyridine rings is 2. The normalized spacial score (nSPS) is 10.6. The predicted octanol–water partition coefficient (Wildman–Crippen LogP) is 5.06. The van der Waals surface area contributed by atoms with Crippen molar-refractivity contribution in [2.75, 3.05) is 0 Å². The number of carbonyl (C=O) groups excluding carboxylic acids is 2. The maximum atomic E-state index is 12.6. The molecule has 0 spiro atoms. The second kappa shape index (κ2) is 9.71. The van der Waals surface area contributed by atoms with Crippen molar-refractivity contribution in [2.45, 2.75) is 33.1 Å². The number of benzene rings is 1. The summed E-state index contributed by atoms with van der Waals surface area (Å²) in [5.41, 5.74) is 4.11. The number of nitrogens with zero attached hydrogens (tertiary/aromatic N) is 3. The molecule has 150 valence electrons. The molecule has 3 aromatic rings. The Morgan fingerprint density at radius 3 is 2.33 bits per heavy atom. The van der Waals surface area contributed by atoms with Gasteiger partial charge in [0, 0.05) is 30.8 Å². The first-order chi connectivity index (χ1) is 14.5. The van der Waals surface area contributed by atoms with Crippen LogP contribution in [0.3, 0.4) is 0 Å². The number of aromatic nitrogens is 2. The number of nitriles is 1. The van der Waals surface area contributed by atoms with Crippen LogP contribution in [-0.4, -0.2) is 21.5 Å². The van der Waals surface area contributed by atoms with Crippen LogP contribution in [0.25, 0.3) is 11.1 Å². The highest BCUT2D eigenvalue weighted by molar-refractivity contribution is 5.98. The molecule has 0 amide bonds. The third-order valence-electron chi connectivity index (χ3n) is 4.70. The predicted molar refractivity (Wildman–Crippen MR) is 115 cm³/mol. The largest absolute Gasteiger partial charge is 0.292 e. The SMILES string of the molecule is CC(C)CC(=O)c1cccc(C(=O)CCc2cncc(-c3ccc(C#N)cc3)c2)n1. The number of hydrogen-bond acceptors (Lipinski definition) is 5. The van der Waals surface area contributed by atoms with Gasteiger partial charge in [-0.15, -0.1) is 0 Å². The average Bonchev–Trinajstić information content (AvgIpc) is 2.77. The lowest BCUT2D eigenvalue weighted by molar-refractivity contribution is 0.0962. The third kappa shape index (κ3) is 5.45. The first kappa shape index (κ1) is 21.1. The van der Waals surface area contributed by atoms with Gasteiger partial charge in [0.05, 0.1) is 11.6 Å². The molecule has 0 aliphatic heterocycles.